The molecular weight excluding hydrogens is 204 g/mol. The summed E-state index contributed by atoms with van der Waals surface area (Å²) in [4.78, 5) is 2.56. The zero-order chi connectivity index (χ0) is 11.2. The van der Waals surface area contributed by atoms with Gasteiger partial charge in [0.2, 0.25) is 0 Å². The van der Waals surface area contributed by atoms with Crippen molar-refractivity contribution in [3.8, 4) is 0 Å². The molecule has 2 atom stereocenters. The highest BCUT2D eigenvalue weighted by molar-refractivity contribution is 4.78. The molecule has 2 aliphatic heterocycles. The standard InChI is InChI=1S/C12H24N2O2/c1-15-9-11-2-5-14(8-11)6-3-12-10-16-7-4-13-12/h11-13H,2-10H2,1H3. The Labute approximate surface area is 98.3 Å². The van der Waals surface area contributed by atoms with Gasteiger partial charge in [-0.25, -0.2) is 0 Å². The lowest BCUT2D eigenvalue weighted by atomic mass is 10.1. The molecule has 0 aliphatic carbocycles. The van der Waals surface area contributed by atoms with E-state index in [9.17, 15) is 0 Å². The van der Waals surface area contributed by atoms with E-state index in [1.807, 2.05) is 0 Å². The maximum atomic E-state index is 5.46. The van der Waals surface area contributed by atoms with Crippen LogP contribution in [0.2, 0.25) is 0 Å². The molecule has 2 aliphatic rings. The first-order chi connectivity index (χ1) is 7.88. The van der Waals surface area contributed by atoms with Crippen molar-refractivity contribution in [2.45, 2.75) is 18.9 Å². The van der Waals surface area contributed by atoms with Gasteiger partial charge in [0.1, 0.15) is 0 Å². The van der Waals surface area contributed by atoms with E-state index < -0.39 is 0 Å². The van der Waals surface area contributed by atoms with Crippen LogP contribution in [0.25, 0.3) is 0 Å². The van der Waals surface area contributed by atoms with Gasteiger partial charge in [-0.3, -0.25) is 0 Å². The average Bonchev–Trinajstić information content (AvgIpc) is 2.76. The molecule has 0 bridgehead atoms. The first-order valence-corrected chi connectivity index (χ1v) is 6.41. The van der Waals surface area contributed by atoms with Crippen molar-refractivity contribution in [2.24, 2.45) is 5.92 Å². The summed E-state index contributed by atoms with van der Waals surface area (Å²) in [5, 5.41) is 3.50. The Morgan fingerprint density at radius 3 is 3.19 bits per heavy atom. The zero-order valence-corrected chi connectivity index (χ0v) is 10.3. The van der Waals surface area contributed by atoms with Crippen molar-refractivity contribution < 1.29 is 9.47 Å². The number of likely N-dealkylation sites (tertiary alicyclic amines) is 1. The van der Waals surface area contributed by atoms with Gasteiger partial charge in [-0.1, -0.05) is 0 Å². The molecule has 0 saturated carbocycles. The van der Waals surface area contributed by atoms with Crippen molar-refractivity contribution in [3.63, 3.8) is 0 Å². The number of ether oxygens (including phenoxy) is 2. The monoisotopic (exact) mass is 228 g/mol. The van der Waals surface area contributed by atoms with Crippen LogP contribution in [0, 0.1) is 5.92 Å². The highest BCUT2D eigenvalue weighted by Gasteiger charge is 2.23. The van der Waals surface area contributed by atoms with Crippen LogP contribution < -0.4 is 5.32 Å². The van der Waals surface area contributed by atoms with Crippen LogP contribution in [-0.2, 0) is 9.47 Å². The maximum Gasteiger partial charge on any atom is 0.0620 e. The number of nitrogens with one attached hydrogen (secondary N) is 1. The number of nitrogens with zero attached hydrogens (tertiary/aromatic N) is 1. The highest BCUT2D eigenvalue weighted by atomic mass is 16.5. The van der Waals surface area contributed by atoms with Gasteiger partial charge in [0, 0.05) is 26.2 Å². The predicted octanol–water partition coefficient (Wildman–Crippen LogP) is 0.333. The molecule has 4 nitrogen and oxygen atoms in total. The number of methoxy groups -OCH3 is 1. The summed E-state index contributed by atoms with van der Waals surface area (Å²) < 4.78 is 10.7. The van der Waals surface area contributed by atoms with Gasteiger partial charge in [-0.15, -0.1) is 0 Å². The third-order valence-corrected chi connectivity index (χ3v) is 3.56. The fourth-order valence-electron chi connectivity index (χ4n) is 2.63. The summed E-state index contributed by atoms with van der Waals surface area (Å²) in [6.45, 7) is 7.33. The molecule has 2 saturated heterocycles. The molecule has 2 rings (SSSR count). The average molecular weight is 228 g/mol. The molecule has 2 heterocycles. The Morgan fingerprint density at radius 2 is 2.44 bits per heavy atom. The number of hydrogen-bond acceptors (Lipinski definition) is 4. The van der Waals surface area contributed by atoms with Crippen LogP contribution in [0.4, 0.5) is 0 Å². The highest BCUT2D eigenvalue weighted by Crippen LogP contribution is 2.16. The molecule has 2 fully saturated rings. The molecule has 0 amide bonds. The van der Waals surface area contributed by atoms with Crippen molar-refractivity contribution in [2.75, 3.05) is 53.1 Å². The maximum absolute atomic E-state index is 5.46. The predicted molar refractivity (Wildman–Crippen MR) is 63.6 cm³/mol. The second-order valence-electron chi connectivity index (χ2n) is 4.93. The summed E-state index contributed by atoms with van der Waals surface area (Å²) in [6.07, 6.45) is 2.50. The Kier molecular flexibility index (Phi) is 5.03. The van der Waals surface area contributed by atoms with Gasteiger partial charge in [0.25, 0.3) is 0 Å². The van der Waals surface area contributed by atoms with Gasteiger partial charge in [0.15, 0.2) is 0 Å². The SMILES string of the molecule is COCC1CCN(CCC2COCCN2)C1. The molecule has 0 aromatic rings. The first kappa shape index (κ1) is 12.3. The van der Waals surface area contributed by atoms with E-state index in [0.29, 0.717) is 6.04 Å². The molecule has 2 unspecified atom stereocenters. The molecule has 1 N–H and O–H groups in total. The van der Waals surface area contributed by atoms with E-state index in [4.69, 9.17) is 9.47 Å². The number of hydrogen-bond donors (Lipinski definition) is 1. The lowest BCUT2D eigenvalue weighted by Gasteiger charge is -2.26. The van der Waals surface area contributed by atoms with Crippen molar-refractivity contribution in [3.05, 3.63) is 0 Å². The fraction of sp³-hybridized carbons (Fsp3) is 1.00. The van der Waals surface area contributed by atoms with Crippen LogP contribution >= 0.6 is 0 Å². The van der Waals surface area contributed by atoms with Crippen LogP contribution in [-0.4, -0.2) is 64.1 Å². The minimum absolute atomic E-state index is 0.565. The molecule has 94 valence electrons. The van der Waals surface area contributed by atoms with Crippen LogP contribution in [0.15, 0.2) is 0 Å². The van der Waals surface area contributed by atoms with Gasteiger partial charge in [-0.2, -0.15) is 0 Å². The van der Waals surface area contributed by atoms with Crippen molar-refractivity contribution >= 4 is 0 Å². The van der Waals surface area contributed by atoms with E-state index in [2.05, 4.69) is 10.2 Å². The molecule has 0 aromatic carbocycles. The topological polar surface area (TPSA) is 33.7 Å². The zero-order valence-electron chi connectivity index (χ0n) is 10.3. The third-order valence-electron chi connectivity index (χ3n) is 3.56. The van der Waals surface area contributed by atoms with Crippen molar-refractivity contribution in [1.29, 1.82) is 0 Å². The summed E-state index contributed by atoms with van der Waals surface area (Å²) in [5.74, 6) is 0.751. The van der Waals surface area contributed by atoms with Gasteiger partial charge >= 0.3 is 0 Å². The normalized spacial score (nSPS) is 32.1. The quantitative estimate of drug-likeness (QED) is 0.735. The largest absolute Gasteiger partial charge is 0.384 e. The van der Waals surface area contributed by atoms with Gasteiger partial charge in [0.05, 0.1) is 19.8 Å². The third kappa shape index (κ3) is 3.70. The van der Waals surface area contributed by atoms with Crippen LogP contribution in [0.5, 0.6) is 0 Å². The lowest BCUT2D eigenvalue weighted by Crippen LogP contribution is -2.43. The summed E-state index contributed by atoms with van der Waals surface area (Å²) in [6, 6.07) is 0.565. The van der Waals surface area contributed by atoms with E-state index in [0.717, 1.165) is 32.3 Å². The smallest absolute Gasteiger partial charge is 0.0620 e. The summed E-state index contributed by atoms with van der Waals surface area (Å²) in [7, 11) is 1.80. The molecule has 0 aromatic heterocycles. The van der Waals surface area contributed by atoms with E-state index in [-0.39, 0.29) is 0 Å². The molecule has 0 radical (unpaired) electrons. The molecule has 4 heteroatoms. The molecule has 0 spiro atoms. The number of morpholine rings is 1. The first-order valence-electron chi connectivity index (χ1n) is 6.41. The minimum atomic E-state index is 0.565. The number of rotatable bonds is 5. The second kappa shape index (κ2) is 6.55. The van der Waals surface area contributed by atoms with Gasteiger partial charge in [-0.05, 0) is 31.8 Å². The van der Waals surface area contributed by atoms with Crippen molar-refractivity contribution in [1.82, 2.24) is 10.2 Å². The molecule has 16 heavy (non-hydrogen) atoms. The van der Waals surface area contributed by atoms with Gasteiger partial charge < -0.3 is 19.7 Å². The van der Waals surface area contributed by atoms with E-state index in [1.165, 1.54) is 32.5 Å². The van der Waals surface area contributed by atoms with E-state index >= 15 is 0 Å². The Bertz CT molecular complexity index is 195. The second-order valence-corrected chi connectivity index (χ2v) is 4.93. The molecular formula is C12H24N2O2. The summed E-state index contributed by atoms with van der Waals surface area (Å²) in [5.41, 5.74) is 0. The van der Waals surface area contributed by atoms with Crippen LogP contribution in [0.3, 0.4) is 0 Å². The minimum Gasteiger partial charge on any atom is -0.384 e. The summed E-state index contributed by atoms with van der Waals surface area (Å²) >= 11 is 0. The lowest BCUT2D eigenvalue weighted by molar-refractivity contribution is 0.0705. The Morgan fingerprint density at radius 1 is 1.50 bits per heavy atom. The fourth-order valence-corrected chi connectivity index (χ4v) is 2.63. The van der Waals surface area contributed by atoms with Crippen LogP contribution in [0.1, 0.15) is 12.8 Å². The Hall–Kier alpha value is -0.160. The van der Waals surface area contributed by atoms with E-state index in [1.54, 1.807) is 7.11 Å². The Balaban J connectivity index is 1.59.